The first-order valence-electron chi connectivity index (χ1n) is 7.98. The Labute approximate surface area is 156 Å². The third-order valence-corrected chi connectivity index (χ3v) is 6.58. The SMILES string of the molecule is C[C@@H]1CC(=O)N(CC(=O)Nc2cccc(Cl)c2)c2ccccc2S1(=O)=O. The van der Waals surface area contributed by atoms with Crippen LogP contribution in [0.4, 0.5) is 11.4 Å². The van der Waals surface area contributed by atoms with Crippen molar-refractivity contribution in [1.29, 1.82) is 0 Å². The van der Waals surface area contributed by atoms with Crippen molar-refractivity contribution in [3.8, 4) is 0 Å². The summed E-state index contributed by atoms with van der Waals surface area (Å²) >= 11 is 5.90. The number of nitrogens with one attached hydrogen (secondary N) is 1. The van der Waals surface area contributed by atoms with Crippen molar-refractivity contribution >= 4 is 44.6 Å². The summed E-state index contributed by atoms with van der Waals surface area (Å²) in [5.41, 5.74) is 0.724. The molecule has 3 rings (SSSR count). The van der Waals surface area contributed by atoms with E-state index in [0.29, 0.717) is 10.7 Å². The molecule has 0 saturated carbocycles. The Hall–Kier alpha value is -2.38. The number of halogens is 1. The minimum atomic E-state index is -3.64. The van der Waals surface area contributed by atoms with Gasteiger partial charge >= 0.3 is 0 Å². The molecule has 26 heavy (non-hydrogen) atoms. The third-order valence-electron chi connectivity index (χ3n) is 4.17. The molecule has 8 heteroatoms. The van der Waals surface area contributed by atoms with Gasteiger partial charge in [0.05, 0.1) is 15.8 Å². The lowest BCUT2D eigenvalue weighted by atomic mass is 10.2. The molecule has 1 atom stereocenters. The maximum absolute atomic E-state index is 12.6. The Kier molecular flexibility index (Phi) is 5.02. The predicted molar refractivity (Wildman–Crippen MR) is 100 cm³/mol. The van der Waals surface area contributed by atoms with Crippen LogP contribution in [-0.2, 0) is 19.4 Å². The summed E-state index contributed by atoms with van der Waals surface area (Å²) in [6.07, 6.45) is -0.179. The lowest BCUT2D eigenvalue weighted by Gasteiger charge is -2.21. The maximum Gasteiger partial charge on any atom is 0.244 e. The minimum absolute atomic E-state index is 0.0638. The van der Waals surface area contributed by atoms with Crippen LogP contribution in [0.1, 0.15) is 13.3 Å². The Morgan fingerprint density at radius 2 is 1.96 bits per heavy atom. The monoisotopic (exact) mass is 392 g/mol. The number of nitrogens with zero attached hydrogens (tertiary/aromatic N) is 1. The van der Waals surface area contributed by atoms with Gasteiger partial charge in [0.25, 0.3) is 0 Å². The molecule has 0 saturated heterocycles. The van der Waals surface area contributed by atoms with Crippen LogP contribution in [0.2, 0.25) is 5.02 Å². The number of fused-ring (bicyclic) bond motifs is 1. The maximum atomic E-state index is 12.6. The number of rotatable bonds is 3. The second-order valence-electron chi connectivity index (χ2n) is 6.07. The number of benzene rings is 2. The zero-order valence-corrected chi connectivity index (χ0v) is 15.5. The van der Waals surface area contributed by atoms with E-state index in [9.17, 15) is 18.0 Å². The van der Waals surface area contributed by atoms with Crippen molar-refractivity contribution in [2.24, 2.45) is 0 Å². The first-order chi connectivity index (χ1) is 12.3. The van der Waals surface area contributed by atoms with Crippen LogP contribution >= 0.6 is 11.6 Å². The van der Waals surface area contributed by atoms with Crippen LogP contribution in [0.3, 0.4) is 0 Å². The molecule has 136 valence electrons. The molecule has 2 aromatic carbocycles. The molecule has 0 aliphatic carbocycles. The summed E-state index contributed by atoms with van der Waals surface area (Å²) in [6.45, 7) is 1.21. The second kappa shape index (κ2) is 7.09. The first kappa shape index (κ1) is 18.4. The largest absolute Gasteiger partial charge is 0.324 e. The second-order valence-corrected chi connectivity index (χ2v) is 8.84. The topological polar surface area (TPSA) is 83.6 Å². The van der Waals surface area contributed by atoms with Crippen LogP contribution in [0.15, 0.2) is 53.4 Å². The predicted octanol–water partition coefficient (Wildman–Crippen LogP) is 2.88. The highest BCUT2D eigenvalue weighted by atomic mass is 35.5. The molecule has 6 nitrogen and oxygen atoms in total. The normalized spacial score (nSPS) is 18.8. The van der Waals surface area contributed by atoms with Crippen molar-refractivity contribution in [2.45, 2.75) is 23.5 Å². The van der Waals surface area contributed by atoms with E-state index >= 15 is 0 Å². The fraction of sp³-hybridized carbons (Fsp3) is 0.222. The highest BCUT2D eigenvalue weighted by Crippen LogP contribution is 2.33. The van der Waals surface area contributed by atoms with Gasteiger partial charge in [-0.3, -0.25) is 9.59 Å². The first-order valence-corrected chi connectivity index (χ1v) is 9.90. The van der Waals surface area contributed by atoms with E-state index in [1.807, 2.05) is 0 Å². The number of amides is 2. The average molecular weight is 393 g/mol. The van der Waals surface area contributed by atoms with Crippen molar-refractivity contribution < 1.29 is 18.0 Å². The molecule has 2 aromatic rings. The highest BCUT2D eigenvalue weighted by Gasteiger charge is 2.36. The smallest absolute Gasteiger partial charge is 0.244 e. The number of hydrogen-bond acceptors (Lipinski definition) is 4. The number of carbonyl (C=O) groups excluding carboxylic acids is 2. The van der Waals surface area contributed by atoms with E-state index < -0.39 is 26.9 Å². The van der Waals surface area contributed by atoms with Gasteiger partial charge in [0.2, 0.25) is 11.8 Å². The van der Waals surface area contributed by atoms with Gasteiger partial charge < -0.3 is 10.2 Å². The quantitative estimate of drug-likeness (QED) is 0.870. The number of carbonyl (C=O) groups is 2. The standard InChI is InChI=1S/C18H17ClN2O4S/c1-12-9-18(23)21(15-7-2-3-8-16(15)26(12,24)25)11-17(22)20-14-6-4-5-13(19)10-14/h2-8,10,12H,9,11H2,1H3,(H,20,22)/t12-/m1/s1. The molecule has 0 unspecified atom stereocenters. The number of anilines is 2. The van der Waals surface area contributed by atoms with E-state index in [1.54, 1.807) is 36.4 Å². The molecular formula is C18H17ClN2O4S. The van der Waals surface area contributed by atoms with Crippen LogP contribution < -0.4 is 10.2 Å². The molecular weight excluding hydrogens is 376 g/mol. The van der Waals surface area contributed by atoms with Crippen LogP contribution in [-0.4, -0.2) is 32.0 Å². The van der Waals surface area contributed by atoms with Gasteiger partial charge in [-0.1, -0.05) is 29.8 Å². The van der Waals surface area contributed by atoms with E-state index in [4.69, 9.17) is 11.6 Å². The van der Waals surface area contributed by atoms with Crippen molar-refractivity contribution in [3.63, 3.8) is 0 Å². The lowest BCUT2D eigenvalue weighted by Crippen LogP contribution is -2.38. The summed E-state index contributed by atoms with van der Waals surface area (Å²) in [5, 5.41) is 2.29. The van der Waals surface area contributed by atoms with Crippen molar-refractivity contribution in [2.75, 3.05) is 16.8 Å². The summed E-state index contributed by atoms with van der Waals surface area (Å²) in [4.78, 5) is 26.3. The molecule has 1 aliphatic rings. The van der Waals surface area contributed by atoms with Gasteiger partial charge in [-0.2, -0.15) is 0 Å². The molecule has 0 spiro atoms. The summed E-state index contributed by atoms with van der Waals surface area (Å²) < 4.78 is 25.3. The zero-order valence-electron chi connectivity index (χ0n) is 14.0. The Balaban J connectivity index is 1.91. The summed E-state index contributed by atoms with van der Waals surface area (Å²) in [5.74, 6) is -0.852. The Bertz CT molecular complexity index is 975. The number of para-hydroxylation sites is 1. The molecule has 1 aliphatic heterocycles. The lowest BCUT2D eigenvalue weighted by molar-refractivity contribution is -0.121. The van der Waals surface area contributed by atoms with Gasteiger partial charge in [-0.05, 0) is 37.3 Å². The molecule has 0 bridgehead atoms. The molecule has 1 heterocycles. The molecule has 0 radical (unpaired) electrons. The van der Waals surface area contributed by atoms with E-state index in [0.717, 1.165) is 0 Å². The van der Waals surface area contributed by atoms with Crippen molar-refractivity contribution in [3.05, 3.63) is 53.6 Å². The van der Waals surface area contributed by atoms with Gasteiger partial charge in [-0.15, -0.1) is 0 Å². The molecule has 0 aromatic heterocycles. The highest BCUT2D eigenvalue weighted by molar-refractivity contribution is 7.92. The van der Waals surface area contributed by atoms with Crippen molar-refractivity contribution in [1.82, 2.24) is 0 Å². The number of hydrogen-bond donors (Lipinski definition) is 1. The van der Waals surface area contributed by atoms with Crippen LogP contribution in [0.25, 0.3) is 0 Å². The van der Waals surface area contributed by atoms with Gasteiger partial charge in [0, 0.05) is 17.1 Å². The van der Waals surface area contributed by atoms with Crippen LogP contribution in [0.5, 0.6) is 0 Å². The minimum Gasteiger partial charge on any atom is -0.324 e. The average Bonchev–Trinajstić information content (AvgIpc) is 2.65. The van der Waals surface area contributed by atoms with E-state index in [-0.39, 0.29) is 23.5 Å². The summed E-state index contributed by atoms with van der Waals surface area (Å²) in [7, 11) is -3.64. The van der Waals surface area contributed by atoms with E-state index in [2.05, 4.69) is 5.32 Å². The molecule has 2 amide bonds. The molecule has 0 fully saturated rings. The zero-order chi connectivity index (χ0) is 18.9. The Morgan fingerprint density at radius 3 is 2.69 bits per heavy atom. The Morgan fingerprint density at radius 1 is 1.23 bits per heavy atom. The molecule has 1 N–H and O–H groups in total. The fourth-order valence-electron chi connectivity index (χ4n) is 2.82. The summed E-state index contributed by atoms with van der Waals surface area (Å²) in [6, 6.07) is 12.9. The van der Waals surface area contributed by atoms with Gasteiger partial charge in [0.15, 0.2) is 9.84 Å². The van der Waals surface area contributed by atoms with Crippen LogP contribution in [0, 0.1) is 0 Å². The number of sulfone groups is 1. The van der Waals surface area contributed by atoms with E-state index in [1.165, 1.54) is 24.0 Å². The third kappa shape index (κ3) is 3.59. The van der Waals surface area contributed by atoms with Gasteiger partial charge in [0.1, 0.15) is 6.54 Å². The fourth-order valence-corrected chi connectivity index (χ4v) is 4.55. The van der Waals surface area contributed by atoms with Gasteiger partial charge in [-0.25, -0.2) is 8.42 Å².